The van der Waals surface area contributed by atoms with Gasteiger partial charge < -0.3 is 34.7 Å². The molecule has 5 atom stereocenters. The molecule has 12 heteroatoms. The second-order valence-corrected chi connectivity index (χ2v) is 18.9. The normalized spacial score (nSPS) is 22.7. The van der Waals surface area contributed by atoms with Crippen molar-refractivity contribution in [2.75, 3.05) is 25.1 Å². The molecule has 3 N–H and O–H groups in total. The number of aromatic amines is 2. The van der Waals surface area contributed by atoms with Crippen LogP contribution in [0.15, 0.2) is 60.7 Å². The van der Waals surface area contributed by atoms with Gasteiger partial charge in [0, 0.05) is 18.8 Å². The summed E-state index contributed by atoms with van der Waals surface area (Å²) in [7, 11) is 1.31. The predicted molar refractivity (Wildman–Crippen MR) is 242 cm³/mol. The third-order valence-corrected chi connectivity index (χ3v) is 14.0. The summed E-state index contributed by atoms with van der Waals surface area (Å²) in [6, 6.07) is 22.0. The SMILES string of the molecule is COC(=O)N[C@H](C(=O)N1CCC[C@H]1c1nc2cc([C@H]3CC[C@H](c4ccc5[nH]c([C@@H]6CCCN6C(=O)[CH]C(C)C)nc5c4)N3c3ccc(C4CCCCC4)cc3)ccc2[nH]1)C(C)C. The number of hydrogen-bond donors (Lipinski definition) is 3. The number of fused-ring (bicyclic) bond motifs is 2. The van der Waals surface area contributed by atoms with Crippen LogP contribution in [0.3, 0.4) is 0 Å². The summed E-state index contributed by atoms with van der Waals surface area (Å²) in [5, 5.41) is 2.76. The van der Waals surface area contributed by atoms with Gasteiger partial charge in [-0.05, 0) is 122 Å². The molecule has 0 spiro atoms. The van der Waals surface area contributed by atoms with Crippen molar-refractivity contribution >= 4 is 45.7 Å². The lowest BCUT2D eigenvalue weighted by Crippen LogP contribution is -2.51. The molecule has 1 radical (unpaired) electrons. The summed E-state index contributed by atoms with van der Waals surface area (Å²) in [6.07, 6.45) is 13.2. The molecule has 0 bridgehead atoms. The van der Waals surface area contributed by atoms with E-state index in [1.165, 1.54) is 61.6 Å². The van der Waals surface area contributed by atoms with Gasteiger partial charge in [-0.15, -0.1) is 0 Å². The summed E-state index contributed by atoms with van der Waals surface area (Å²) in [6.45, 7) is 9.33. The van der Waals surface area contributed by atoms with Gasteiger partial charge in [0.2, 0.25) is 11.8 Å². The number of amides is 3. The molecule has 3 aliphatic heterocycles. The molecule has 5 heterocycles. The highest BCUT2D eigenvalue weighted by atomic mass is 16.5. The summed E-state index contributed by atoms with van der Waals surface area (Å²) in [5.41, 5.74) is 8.87. The van der Waals surface area contributed by atoms with Crippen molar-refractivity contribution in [2.24, 2.45) is 11.8 Å². The van der Waals surface area contributed by atoms with Crippen LogP contribution >= 0.6 is 0 Å². The first-order valence-corrected chi connectivity index (χ1v) is 23.2. The minimum absolute atomic E-state index is 0.0429. The molecule has 5 aromatic rings. The maximum atomic E-state index is 13.9. The van der Waals surface area contributed by atoms with Crippen molar-refractivity contribution in [1.82, 2.24) is 35.1 Å². The number of benzene rings is 3. The Hall–Kier alpha value is -5.39. The molecular weight excluding hydrogens is 777 g/mol. The molecule has 4 fully saturated rings. The highest BCUT2D eigenvalue weighted by Crippen LogP contribution is 2.48. The van der Waals surface area contributed by atoms with Crippen molar-refractivity contribution in [2.45, 2.75) is 134 Å². The van der Waals surface area contributed by atoms with Gasteiger partial charge in [0.05, 0.1) is 59.8 Å². The Bertz CT molecular complexity index is 2400. The van der Waals surface area contributed by atoms with Crippen molar-refractivity contribution < 1.29 is 19.1 Å². The molecule has 12 nitrogen and oxygen atoms in total. The summed E-state index contributed by atoms with van der Waals surface area (Å²) in [5.74, 6) is 2.36. The number of methoxy groups -OCH3 is 1. The number of imidazole rings is 2. The molecule has 1 saturated carbocycles. The average Bonchev–Trinajstić information content (AvgIpc) is 4.13. The Morgan fingerprint density at radius 2 is 1.23 bits per heavy atom. The van der Waals surface area contributed by atoms with Crippen LogP contribution < -0.4 is 10.2 Å². The summed E-state index contributed by atoms with van der Waals surface area (Å²) in [4.78, 5) is 63.1. The van der Waals surface area contributed by atoms with Gasteiger partial charge in [-0.25, -0.2) is 14.8 Å². The van der Waals surface area contributed by atoms with Gasteiger partial charge >= 0.3 is 6.09 Å². The number of likely N-dealkylation sites (tertiary alicyclic amines) is 2. The van der Waals surface area contributed by atoms with E-state index in [1.807, 2.05) is 43.9 Å². The van der Waals surface area contributed by atoms with Crippen LogP contribution in [0.4, 0.5) is 10.5 Å². The summed E-state index contributed by atoms with van der Waals surface area (Å²) >= 11 is 0. The molecule has 4 aliphatic rings. The highest BCUT2D eigenvalue weighted by Gasteiger charge is 2.39. The van der Waals surface area contributed by atoms with Crippen LogP contribution in [0.5, 0.6) is 0 Å². The lowest BCUT2D eigenvalue weighted by atomic mass is 9.84. The third-order valence-electron chi connectivity index (χ3n) is 14.0. The van der Waals surface area contributed by atoms with Crippen LogP contribution in [0, 0.1) is 18.3 Å². The number of nitrogens with zero attached hydrogens (tertiary/aromatic N) is 5. The first kappa shape index (κ1) is 41.9. The number of alkyl carbamates (subject to hydrolysis) is 1. The zero-order valence-electron chi connectivity index (χ0n) is 37.0. The topological polar surface area (TPSA) is 140 Å². The van der Waals surface area contributed by atoms with Gasteiger partial charge in [0.1, 0.15) is 17.7 Å². The van der Waals surface area contributed by atoms with Crippen LogP contribution in [-0.4, -0.2) is 73.9 Å². The minimum Gasteiger partial charge on any atom is -0.453 e. The number of anilines is 1. The largest absolute Gasteiger partial charge is 0.453 e. The van der Waals surface area contributed by atoms with Gasteiger partial charge in [0.25, 0.3) is 0 Å². The van der Waals surface area contributed by atoms with Crippen LogP contribution in [0.2, 0.25) is 0 Å². The Balaban J connectivity index is 1.02. The summed E-state index contributed by atoms with van der Waals surface area (Å²) < 4.78 is 4.84. The zero-order chi connectivity index (χ0) is 43.1. The molecular formula is C50H63N8O4. The number of hydrogen-bond acceptors (Lipinski definition) is 7. The van der Waals surface area contributed by atoms with Crippen LogP contribution in [0.25, 0.3) is 22.1 Å². The number of rotatable bonds is 11. The molecule has 2 aromatic heterocycles. The molecule has 1 aliphatic carbocycles. The van der Waals surface area contributed by atoms with Crippen LogP contribution in [0.1, 0.15) is 157 Å². The molecule has 9 rings (SSSR count). The first-order valence-electron chi connectivity index (χ1n) is 23.2. The highest BCUT2D eigenvalue weighted by molar-refractivity contribution is 5.87. The number of ether oxygens (including phenoxy) is 1. The molecule has 327 valence electrons. The zero-order valence-corrected chi connectivity index (χ0v) is 37.0. The fourth-order valence-electron chi connectivity index (χ4n) is 10.9. The van der Waals surface area contributed by atoms with E-state index in [0.29, 0.717) is 12.5 Å². The molecule has 3 aromatic carbocycles. The van der Waals surface area contributed by atoms with Gasteiger partial charge in [-0.2, -0.15) is 0 Å². The Morgan fingerprint density at radius 3 is 1.77 bits per heavy atom. The predicted octanol–water partition coefficient (Wildman–Crippen LogP) is 10.1. The molecule has 3 saturated heterocycles. The van der Waals surface area contributed by atoms with Crippen molar-refractivity contribution in [3.05, 3.63) is 95.4 Å². The van der Waals surface area contributed by atoms with E-state index in [2.05, 4.69) is 80.8 Å². The van der Waals surface area contributed by atoms with Crippen molar-refractivity contribution in [3.63, 3.8) is 0 Å². The maximum Gasteiger partial charge on any atom is 0.407 e. The van der Waals surface area contributed by atoms with E-state index < -0.39 is 12.1 Å². The van der Waals surface area contributed by atoms with E-state index in [0.717, 1.165) is 78.8 Å². The Morgan fingerprint density at radius 1 is 0.677 bits per heavy atom. The maximum absolute atomic E-state index is 13.9. The monoisotopic (exact) mass is 839 g/mol. The van der Waals surface area contributed by atoms with Gasteiger partial charge in [0.15, 0.2) is 0 Å². The fourth-order valence-corrected chi connectivity index (χ4v) is 10.9. The third kappa shape index (κ3) is 8.29. The van der Waals surface area contributed by atoms with Crippen molar-refractivity contribution in [3.8, 4) is 0 Å². The number of carbonyl (C=O) groups is 3. The smallest absolute Gasteiger partial charge is 0.407 e. The number of aromatic nitrogens is 4. The van der Waals surface area contributed by atoms with E-state index >= 15 is 0 Å². The lowest BCUT2D eigenvalue weighted by Gasteiger charge is -2.34. The van der Waals surface area contributed by atoms with Crippen LogP contribution in [-0.2, 0) is 14.3 Å². The van der Waals surface area contributed by atoms with Gasteiger partial charge in [-0.3, -0.25) is 9.59 Å². The van der Waals surface area contributed by atoms with Gasteiger partial charge in [-0.1, -0.05) is 71.2 Å². The molecule has 3 amide bonds. The van der Waals surface area contributed by atoms with E-state index in [9.17, 15) is 14.4 Å². The Kier molecular flexibility index (Phi) is 12.0. The molecule has 62 heavy (non-hydrogen) atoms. The lowest BCUT2D eigenvalue weighted by molar-refractivity contribution is -0.135. The quantitative estimate of drug-likeness (QED) is 0.120. The average molecular weight is 840 g/mol. The van der Waals surface area contributed by atoms with Crippen molar-refractivity contribution in [1.29, 1.82) is 0 Å². The van der Waals surface area contributed by atoms with E-state index in [4.69, 9.17) is 14.7 Å². The standard InChI is InChI=1S/C50H63N8O4/c1-30(2)27-45(59)56-25-9-13-43(56)47-51-37-21-17-34(28-39(37)53-47)41-23-24-42(58(41)36-19-15-33(16-20-36)32-11-7-6-8-12-32)35-18-22-38-40(29-35)54-48(52-38)44-14-10-26-57(44)49(60)46(31(3)4)55-50(61)62-5/h15-22,27-32,41-44,46H,6-14,23-26H2,1-5H3,(H,51,53)(H,52,54)(H,55,61)/t41-,42-,43+,44+,46+/m1/s1. The minimum atomic E-state index is -0.686. The van der Waals surface area contributed by atoms with E-state index in [-0.39, 0.29) is 47.8 Å². The number of nitrogens with one attached hydrogen (secondary N) is 3. The first-order chi connectivity index (χ1) is 30.1. The second-order valence-electron chi connectivity index (χ2n) is 18.9. The fraction of sp³-hybridized carbons (Fsp3) is 0.520. The Labute approximate surface area is 365 Å². The number of H-pyrrole nitrogens is 2. The molecule has 0 unspecified atom stereocenters. The van der Waals surface area contributed by atoms with E-state index in [1.54, 1.807) is 0 Å². The number of carbonyl (C=O) groups excluding carboxylic acids is 3. The second kappa shape index (κ2) is 17.8.